The Morgan fingerprint density at radius 2 is 1.92 bits per heavy atom. The third kappa shape index (κ3) is 4.53. The Bertz CT molecular complexity index is 768. The molecule has 7 nitrogen and oxygen atoms in total. The summed E-state index contributed by atoms with van der Waals surface area (Å²) >= 11 is 0. The number of unbranched alkanes of at least 4 members (excludes halogenated alkanes) is 1. The zero-order valence-corrected chi connectivity index (χ0v) is 14.4. The summed E-state index contributed by atoms with van der Waals surface area (Å²) in [4.78, 5) is 35.9. The molecule has 132 valence electrons. The lowest BCUT2D eigenvalue weighted by molar-refractivity contribution is -0.137. The van der Waals surface area contributed by atoms with Crippen molar-refractivity contribution < 1.29 is 14.4 Å². The SMILES string of the molecule is CCCCC(NC(=O)c1cn(C)nc1-c1ccccc1)C(=O)C(N)=O. The smallest absolute Gasteiger partial charge is 0.287 e. The summed E-state index contributed by atoms with van der Waals surface area (Å²) in [5.74, 6) is -2.29. The van der Waals surface area contributed by atoms with Gasteiger partial charge in [-0.3, -0.25) is 19.1 Å². The highest BCUT2D eigenvalue weighted by Crippen LogP contribution is 2.21. The molecule has 0 fully saturated rings. The number of hydrogen-bond donors (Lipinski definition) is 2. The van der Waals surface area contributed by atoms with Crippen LogP contribution in [0.4, 0.5) is 0 Å². The van der Waals surface area contributed by atoms with Gasteiger partial charge in [0.15, 0.2) is 0 Å². The molecule has 1 aromatic carbocycles. The van der Waals surface area contributed by atoms with Gasteiger partial charge in [-0.1, -0.05) is 50.1 Å². The van der Waals surface area contributed by atoms with Crippen LogP contribution in [0.1, 0.15) is 36.5 Å². The van der Waals surface area contributed by atoms with E-state index in [1.807, 2.05) is 37.3 Å². The van der Waals surface area contributed by atoms with Gasteiger partial charge in [-0.05, 0) is 6.42 Å². The number of rotatable bonds is 8. The van der Waals surface area contributed by atoms with E-state index in [1.54, 1.807) is 13.2 Å². The first kappa shape index (κ1) is 18.4. The van der Waals surface area contributed by atoms with Crippen LogP contribution in [0.2, 0.25) is 0 Å². The van der Waals surface area contributed by atoms with Crippen molar-refractivity contribution in [3.05, 3.63) is 42.1 Å². The first-order valence-electron chi connectivity index (χ1n) is 8.17. The highest BCUT2D eigenvalue weighted by Gasteiger charge is 2.26. The summed E-state index contributed by atoms with van der Waals surface area (Å²) in [7, 11) is 1.71. The Labute approximate surface area is 146 Å². The molecule has 1 aromatic heterocycles. The maximum atomic E-state index is 12.7. The number of nitrogens with zero attached hydrogens (tertiary/aromatic N) is 2. The monoisotopic (exact) mass is 342 g/mol. The van der Waals surface area contributed by atoms with Gasteiger partial charge in [-0.25, -0.2) is 0 Å². The number of ketones is 1. The van der Waals surface area contributed by atoms with Crippen molar-refractivity contribution in [3.63, 3.8) is 0 Å². The first-order valence-corrected chi connectivity index (χ1v) is 8.17. The molecule has 0 aliphatic heterocycles. The summed E-state index contributed by atoms with van der Waals surface area (Å²) in [6.07, 6.45) is 3.48. The molecular formula is C18H22N4O3. The van der Waals surface area contributed by atoms with Gasteiger partial charge in [0.2, 0.25) is 5.78 Å². The second-order valence-electron chi connectivity index (χ2n) is 5.83. The lowest BCUT2D eigenvalue weighted by Gasteiger charge is -2.15. The minimum Gasteiger partial charge on any atom is -0.363 e. The van der Waals surface area contributed by atoms with Crippen molar-refractivity contribution in [2.24, 2.45) is 12.8 Å². The minimum absolute atomic E-state index is 0.340. The van der Waals surface area contributed by atoms with Gasteiger partial charge in [0.05, 0.1) is 11.6 Å². The number of nitrogens with one attached hydrogen (secondary N) is 1. The van der Waals surface area contributed by atoms with Crippen LogP contribution in [0.15, 0.2) is 36.5 Å². The second-order valence-corrected chi connectivity index (χ2v) is 5.83. The maximum absolute atomic E-state index is 12.7. The molecule has 2 aromatic rings. The number of Topliss-reactive ketones (excluding diaryl/α,β-unsaturated/α-hetero) is 1. The topological polar surface area (TPSA) is 107 Å². The Morgan fingerprint density at radius 3 is 2.52 bits per heavy atom. The van der Waals surface area contributed by atoms with Crippen molar-refractivity contribution in [2.75, 3.05) is 0 Å². The number of carbonyl (C=O) groups excluding carboxylic acids is 3. The summed E-state index contributed by atoms with van der Waals surface area (Å²) < 4.78 is 1.54. The van der Waals surface area contributed by atoms with Gasteiger partial charge in [0.1, 0.15) is 5.69 Å². The number of amides is 2. The van der Waals surface area contributed by atoms with Crippen molar-refractivity contribution in [3.8, 4) is 11.3 Å². The number of aryl methyl sites for hydroxylation is 1. The van der Waals surface area contributed by atoms with Crippen LogP contribution < -0.4 is 11.1 Å². The summed E-state index contributed by atoms with van der Waals surface area (Å²) in [5.41, 5.74) is 6.74. The number of hydrogen-bond acceptors (Lipinski definition) is 4. The van der Waals surface area contributed by atoms with Crippen LogP contribution in [0.3, 0.4) is 0 Å². The molecule has 0 saturated carbocycles. The van der Waals surface area contributed by atoms with E-state index in [-0.39, 0.29) is 0 Å². The highest BCUT2D eigenvalue weighted by atomic mass is 16.2. The standard InChI is InChI=1S/C18H22N4O3/c1-3-4-10-14(16(23)17(19)24)20-18(25)13-11-22(2)21-15(13)12-8-6-5-7-9-12/h5-9,11,14H,3-4,10H2,1-2H3,(H2,19,24)(H,20,25). The quantitative estimate of drug-likeness (QED) is 0.708. The van der Waals surface area contributed by atoms with Gasteiger partial charge >= 0.3 is 0 Å². The zero-order chi connectivity index (χ0) is 18.4. The van der Waals surface area contributed by atoms with E-state index in [0.29, 0.717) is 24.1 Å². The van der Waals surface area contributed by atoms with Crippen LogP contribution in [0, 0.1) is 0 Å². The van der Waals surface area contributed by atoms with Crippen LogP contribution in [-0.2, 0) is 16.6 Å². The van der Waals surface area contributed by atoms with Crippen LogP contribution in [-0.4, -0.2) is 33.4 Å². The lowest BCUT2D eigenvalue weighted by atomic mass is 10.0. The van der Waals surface area contributed by atoms with E-state index < -0.39 is 23.6 Å². The van der Waals surface area contributed by atoms with Gasteiger partial charge in [0.25, 0.3) is 11.8 Å². The predicted octanol–water partition coefficient (Wildman–Crippen LogP) is 1.43. The van der Waals surface area contributed by atoms with Crippen molar-refractivity contribution in [1.82, 2.24) is 15.1 Å². The molecule has 2 amide bonds. The van der Waals surface area contributed by atoms with Gasteiger partial charge < -0.3 is 11.1 Å². The number of carbonyl (C=O) groups is 3. The zero-order valence-electron chi connectivity index (χ0n) is 14.4. The largest absolute Gasteiger partial charge is 0.363 e. The molecule has 1 atom stereocenters. The van der Waals surface area contributed by atoms with Crippen molar-refractivity contribution >= 4 is 17.6 Å². The molecule has 0 saturated heterocycles. The lowest BCUT2D eigenvalue weighted by Crippen LogP contribution is -2.46. The Balaban J connectivity index is 2.27. The number of primary amides is 1. The molecule has 0 spiro atoms. The molecule has 0 radical (unpaired) electrons. The maximum Gasteiger partial charge on any atom is 0.287 e. The predicted molar refractivity (Wildman–Crippen MR) is 93.6 cm³/mol. The second kappa shape index (κ2) is 8.23. The highest BCUT2D eigenvalue weighted by molar-refractivity contribution is 6.38. The summed E-state index contributed by atoms with van der Waals surface area (Å²) in [6, 6.07) is 8.36. The molecule has 7 heteroatoms. The fraction of sp³-hybridized carbons (Fsp3) is 0.333. The molecule has 0 aliphatic carbocycles. The van der Waals surface area contributed by atoms with E-state index in [4.69, 9.17) is 5.73 Å². The fourth-order valence-electron chi connectivity index (χ4n) is 2.55. The summed E-state index contributed by atoms with van der Waals surface area (Å²) in [6.45, 7) is 1.96. The molecular weight excluding hydrogens is 320 g/mol. The van der Waals surface area contributed by atoms with Crippen molar-refractivity contribution in [2.45, 2.75) is 32.2 Å². The average molecular weight is 342 g/mol. The van der Waals surface area contributed by atoms with Crippen LogP contribution in [0.25, 0.3) is 11.3 Å². The van der Waals surface area contributed by atoms with Gasteiger partial charge in [-0.15, -0.1) is 0 Å². The van der Waals surface area contributed by atoms with E-state index >= 15 is 0 Å². The van der Waals surface area contributed by atoms with Crippen LogP contribution in [0.5, 0.6) is 0 Å². The average Bonchev–Trinajstić information content (AvgIpc) is 3.00. The first-order chi connectivity index (χ1) is 11.9. The van der Waals surface area contributed by atoms with E-state index in [9.17, 15) is 14.4 Å². The fourth-order valence-corrected chi connectivity index (χ4v) is 2.55. The third-order valence-electron chi connectivity index (χ3n) is 3.83. The molecule has 0 bridgehead atoms. The molecule has 3 N–H and O–H groups in total. The Kier molecular flexibility index (Phi) is 6.05. The van der Waals surface area contributed by atoms with E-state index in [1.165, 1.54) is 4.68 Å². The molecule has 1 heterocycles. The molecule has 1 unspecified atom stereocenters. The van der Waals surface area contributed by atoms with Crippen LogP contribution >= 0.6 is 0 Å². The molecule has 0 aliphatic rings. The Hall–Kier alpha value is -2.96. The minimum atomic E-state index is -1.05. The normalized spacial score (nSPS) is 11.8. The Morgan fingerprint density at radius 1 is 1.24 bits per heavy atom. The van der Waals surface area contributed by atoms with Gasteiger partial charge in [-0.2, -0.15) is 5.10 Å². The number of benzene rings is 1. The van der Waals surface area contributed by atoms with E-state index in [2.05, 4.69) is 10.4 Å². The molecule has 2 rings (SSSR count). The number of aromatic nitrogens is 2. The van der Waals surface area contributed by atoms with E-state index in [0.717, 1.165) is 12.0 Å². The molecule has 25 heavy (non-hydrogen) atoms. The van der Waals surface area contributed by atoms with Crippen molar-refractivity contribution in [1.29, 1.82) is 0 Å². The third-order valence-corrected chi connectivity index (χ3v) is 3.83. The van der Waals surface area contributed by atoms with Gasteiger partial charge in [0, 0.05) is 18.8 Å². The summed E-state index contributed by atoms with van der Waals surface area (Å²) in [5, 5.41) is 6.96. The number of nitrogens with two attached hydrogens (primary N) is 1.